The van der Waals surface area contributed by atoms with Gasteiger partial charge in [-0.25, -0.2) is 9.67 Å². The molecule has 63 heavy (non-hydrogen) atoms. The van der Waals surface area contributed by atoms with Crippen LogP contribution in [0.5, 0.6) is 11.8 Å². The highest BCUT2D eigenvalue weighted by molar-refractivity contribution is 6.01. The van der Waals surface area contributed by atoms with Crippen molar-refractivity contribution < 1.29 is 32.2 Å². The fourth-order valence-electron chi connectivity index (χ4n) is 10.0. The summed E-state index contributed by atoms with van der Waals surface area (Å²) in [7, 11) is 0. The molecule has 0 bridgehead atoms. The molecule has 10 rings (SSSR count). The Balaban J connectivity index is 1.02. The molecule has 1 aromatic carbocycles. The van der Waals surface area contributed by atoms with Crippen molar-refractivity contribution in [2.75, 3.05) is 50.1 Å². The van der Waals surface area contributed by atoms with Crippen molar-refractivity contribution in [3.8, 4) is 23.0 Å². The molecular formula is C46H55F3N10O4. The van der Waals surface area contributed by atoms with E-state index >= 15 is 13.2 Å². The first-order chi connectivity index (χ1) is 30.3. The van der Waals surface area contributed by atoms with E-state index in [2.05, 4.69) is 38.5 Å². The number of nitrogens with zero attached hydrogens (tertiary/aromatic N) is 8. The summed E-state index contributed by atoms with van der Waals surface area (Å²) in [6.07, 6.45) is 8.56. The van der Waals surface area contributed by atoms with Crippen LogP contribution in [0, 0.1) is 12.8 Å². The maximum atomic E-state index is 15.2. The van der Waals surface area contributed by atoms with E-state index in [9.17, 15) is 4.79 Å². The van der Waals surface area contributed by atoms with Gasteiger partial charge < -0.3 is 35.1 Å². The van der Waals surface area contributed by atoms with Gasteiger partial charge in [-0.05, 0) is 86.6 Å². The molecule has 5 atom stereocenters. The predicted octanol–water partition coefficient (Wildman–Crippen LogP) is 7.05. The molecule has 3 aromatic heterocycles. The SMILES string of the molecule is Cc1cc(N)nc(-c2c(C3CC3)cc3c(N4CC5NCC54)nc(OC4CCOCC4)nc3c2OCC2=CCC(c3cn(C(C(=O)N4CCCC4C)C(C)C)nn3)C=C2)c1C(F)(F)F. The number of nitrogens with two attached hydrogens (primary N) is 1. The van der Waals surface area contributed by atoms with Crippen molar-refractivity contribution in [3.05, 3.63) is 64.5 Å². The molecule has 5 fully saturated rings. The third kappa shape index (κ3) is 7.89. The van der Waals surface area contributed by atoms with Crippen LogP contribution in [-0.2, 0) is 15.7 Å². The van der Waals surface area contributed by atoms with Crippen LogP contribution in [-0.4, -0.2) is 104 Å². The van der Waals surface area contributed by atoms with Gasteiger partial charge in [-0.2, -0.15) is 23.1 Å². The number of allylic oxidation sites excluding steroid dienone is 2. The summed E-state index contributed by atoms with van der Waals surface area (Å²) in [6.45, 7) is 11.0. The Morgan fingerprint density at radius 2 is 1.90 bits per heavy atom. The lowest BCUT2D eigenvalue weighted by Gasteiger charge is -2.56. The molecule has 4 aromatic rings. The van der Waals surface area contributed by atoms with Crippen molar-refractivity contribution in [1.82, 2.24) is 40.2 Å². The molecule has 5 unspecified atom stereocenters. The van der Waals surface area contributed by atoms with Gasteiger partial charge in [-0.1, -0.05) is 37.3 Å². The minimum Gasteiger partial charge on any atom is -0.486 e. The fraction of sp³-hybridized carbons (Fsp3) is 0.565. The summed E-state index contributed by atoms with van der Waals surface area (Å²) in [5, 5.41) is 13.1. The number of amides is 1. The lowest BCUT2D eigenvalue weighted by molar-refractivity contribution is -0.138. The summed E-state index contributed by atoms with van der Waals surface area (Å²) in [4.78, 5) is 32.4. The standard InChI is InChI=1S/C46H55F3N10O4/c1-24(2)41(44(60)57-15-5-6-26(57)4)59-22-33(55-56-59)29-9-7-27(8-10-29)23-62-42-37(40-38(46(47,48)49)25(3)18-36(50)52-40)31(28-11-12-28)19-32-39(42)53-45(63-30-13-16-61-17-14-30)54-43(32)58-21-34-35(58)20-51-34/h7-9,18-19,22,24,26,28-30,34-35,41,51H,5-6,10-17,20-21,23H2,1-4H3,(H2,50,52). The van der Waals surface area contributed by atoms with Gasteiger partial charge in [0.1, 0.15) is 35.9 Å². The van der Waals surface area contributed by atoms with Crippen LogP contribution in [0.2, 0.25) is 0 Å². The van der Waals surface area contributed by atoms with Gasteiger partial charge in [-0.15, -0.1) is 5.10 Å². The average molecular weight is 869 g/mol. The predicted molar refractivity (Wildman–Crippen MR) is 231 cm³/mol. The van der Waals surface area contributed by atoms with Gasteiger partial charge in [0.15, 0.2) is 5.75 Å². The quantitative estimate of drug-likeness (QED) is 0.150. The van der Waals surface area contributed by atoms with Gasteiger partial charge >= 0.3 is 12.2 Å². The smallest absolute Gasteiger partial charge is 0.418 e. The third-order valence-electron chi connectivity index (χ3n) is 13.7. The Morgan fingerprint density at radius 3 is 2.54 bits per heavy atom. The molecule has 4 saturated heterocycles. The first-order valence-corrected chi connectivity index (χ1v) is 22.5. The Labute approximate surface area is 364 Å². The van der Waals surface area contributed by atoms with Crippen LogP contribution in [0.4, 0.5) is 24.8 Å². The number of benzene rings is 1. The van der Waals surface area contributed by atoms with E-state index in [-0.39, 0.29) is 82.9 Å². The summed E-state index contributed by atoms with van der Waals surface area (Å²) in [5.41, 5.74) is 8.01. The third-order valence-corrected chi connectivity index (χ3v) is 13.7. The fourth-order valence-corrected chi connectivity index (χ4v) is 10.0. The number of alkyl halides is 3. The van der Waals surface area contributed by atoms with Crippen molar-refractivity contribution in [1.29, 1.82) is 0 Å². The van der Waals surface area contributed by atoms with E-state index in [4.69, 9.17) is 29.9 Å². The highest BCUT2D eigenvalue weighted by Crippen LogP contribution is 2.54. The highest BCUT2D eigenvalue weighted by Gasteiger charge is 2.48. The molecule has 7 heterocycles. The number of hydrogen-bond acceptors (Lipinski definition) is 12. The second kappa shape index (κ2) is 16.4. The van der Waals surface area contributed by atoms with Crippen LogP contribution in [0.15, 0.2) is 42.1 Å². The number of anilines is 2. The normalized spacial score (nSPS) is 24.3. The van der Waals surface area contributed by atoms with Gasteiger partial charge in [0.25, 0.3) is 0 Å². The van der Waals surface area contributed by atoms with E-state index in [0.717, 1.165) is 56.6 Å². The van der Waals surface area contributed by atoms with E-state index < -0.39 is 17.8 Å². The van der Waals surface area contributed by atoms with Crippen LogP contribution >= 0.6 is 0 Å². The molecule has 2 aliphatic carbocycles. The Kier molecular flexibility index (Phi) is 10.8. The van der Waals surface area contributed by atoms with Crippen molar-refractivity contribution in [3.63, 3.8) is 0 Å². The molecule has 3 N–H and O–H groups in total. The van der Waals surface area contributed by atoms with E-state index in [1.54, 1.807) is 4.68 Å². The lowest BCUT2D eigenvalue weighted by atomic mass is 9.87. The number of carbonyl (C=O) groups is 1. The number of aromatic nitrogens is 6. The van der Waals surface area contributed by atoms with Crippen molar-refractivity contribution in [2.45, 2.75) is 121 Å². The van der Waals surface area contributed by atoms with Gasteiger partial charge in [0.05, 0.1) is 36.2 Å². The largest absolute Gasteiger partial charge is 0.486 e. The zero-order valence-electron chi connectivity index (χ0n) is 36.2. The molecule has 1 amide bonds. The molecule has 14 nitrogen and oxygen atoms in total. The summed E-state index contributed by atoms with van der Waals surface area (Å²) < 4.78 is 66.1. The first-order valence-electron chi connectivity index (χ1n) is 22.5. The number of nitrogens with one attached hydrogen (secondary N) is 1. The molecular weight excluding hydrogens is 814 g/mol. The van der Waals surface area contributed by atoms with Gasteiger partial charge in [-0.3, -0.25) is 4.79 Å². The monoisotopic (exact) mass is 868 g/mol. The van der Waals surface area contributed by atoms with Crippen LogP contribution in [0.1, 0.15) is 106 Å². The maximum absolute atomic E-state index is 15.2. The van der Waals surface area contributed by atoms with E-state index in [1.165, 1.54) is 13.0 Å². The number of pyridine rings is 1. The van der Waals surface area contributed by atoms with Crippen LogP contribution < -0.4 is 25.4 Å². The molecule has 334 valence electrons. The number of fused-ring (bicyclic) bond motifs is 2. The Morgan fingerprint density at radius 1 is 1.10 bits per heavy atom. The topological polar surface area (TPSA) is 159 Å². The highest BCUT2D eigenvalue weighted by atomic mass is 19.4. The minimum absolute atomic E-state index is 0.0100. The van der Waals surface area contributed by atoms with Gasteiger partial charge in [0.2, 0.25) is 5.91 Å². The number of aryl methyl sites for hydroxylation is 1. The Bertz CT molecular complexity index is 2480. The number of rotatable bonds is 12. The number of carbonyl (C=O) groups excluding carboxylic acids is 1. The van der Waals surface area contributed by atoms with Crippen molar-refractivity contribution in [2.24, 2.45) is 5.92 Å². The zero-order chi connectivity index (χ0) is 43.7. The molecule has 1 saturated carbocycles. The van der Waals surface area contributed by atoms with E-state index in [0.29, 0.717) is 60.8 Å². The maximum Gasteiger partial charge on any atom is 0.418 e. The molecule has 4 aliphatic heterocycles. The van der Waals surface area contributed by atoms with Crippen LogP contribution in [0.25, 0.3) is 22.2 Å². The van der Waals surface area contributed by atoms with E-state index in [1.807, 2.05) is 43.2 Å². The number of halogens is 3. The number of nitrogen functional groups attached to an aromatic ring is 1. The van der Waals surface area contributed by atoms with Gasteiger partial charge in [0, 0.05) is 67.6 Å². The number of piperazine rings is 1. The summed E-state index contributed by atoms with van der Waals surface area (Å²) in [6, 6.07) is 3.70. The number of ether oxygens (including phenoxy) is 3. The zero-order valence-corrected chi connectivity index (χ0v) is 36.2. The number of hydrogen-bond donors (Lipinski definition) is 2. The average Bonchev–Trinajstić information content (AvgIpc) is 3.82. The first kappa shape index (κ1) is 41.7. The second-order valence-corrected chi connectivity index (χ2v) is 18.5. The molecule has 6 aliphatic rings. The van der Waals surface area contributed by atoms with Crippen molar-refractivity contribution >= 4 is 28.4 Å². The summed E-state index contributed by atoms with van der Waals surface area (Å²) >= 11 is 0. The molecule has 17 heteroatoms. The minimum atomic E-state index is -4.73. The Hall–Kier alpha value is -5.29. The molecule has 0 spiro atoms. The lowest BCUT2D eigenvalue weighted by Crippen LogP contribution is -2.78. The summed E-state index contributed by atoms with van der Waals surface area (Å²) in [5.74, 6) is 0.840. The number of likely N-dealkylation sites (tertiary alicyclic amines) is 1. The van der Waals surface area contributed by atoms with Crippen LogP contribution in [0.3, 0.4) is 0 Å². The molecule has 0 radical (unpaired) electrons. The second-order valence-electron chi connectivity index (χ2n) is 18.5.